The molecule has 3 rings (SSSR count). The molecule has 0 radical (unpaired) electrons. The molecular formula is C14H12Cl2N2OS. The van der Waals surface area contributed by atoms with Gasteiger partial charge in [0.05, 0.1) is 15.9 Å². The van der Waals surface area contributed by atoms with Crippen LogP contribution >= 0.6 is 34.5 Å². The molecule has 1 aromatic heterocycles. The zero-order chi connectivity index (χ0) is 14.3. The number of hydrogen-bond acceptors (Lipinski definition) is 3. The summed E-state index contributed by atoms with van der Waals surface area (Å²) in [6.07, 6.45) is 1.80. The van der Waals surface area contributed by atoms with Crippen molar-refractivity contribution in [3.63, 3.8) is 0 Å². The molecule has 1 aromatic carbocycles. The summed E-state index contributed by atoms with van der Waals surface area (Å²) in [5.74, 6) is -0.187. The lowest BCUT2D eigenvalue weighted by Gasteiger charge is -2.14. The summed E-state index contributed by atoms with van der Waals surface area (Å²) in [4.78, 5) is 12.2. The van der Waals surface area contributed by atoms with Gasteiger partial charge in [-0.2, -0.15) is 0 Å². The zero-order valence-electron chi connectivity index (χ0n) is 10.5. The van der Waals surface area contributed by atoms with Crippen LogP contribution in [0.2, 0.25) is 8.67 Å². The van der Waals surface area contributed by atoms with E-state index in [1.54, 1.807) is 6.07 Å². The average Bonchev–Trinajstić information content (AvgIpc) is 2.93. The van der Waals surface area contributed by atoms with Crippen molar-refractivity contribution in [2.75, 3.05) is 5.73 Å². The van der Waals surface area contributed by atoms with Gasteiger partial charge in [0.2, 0.25) is 0 Å². The first-order chi connectivity index (χ1) is 9.54. The molecule has 0 saturated heterocycles. The summed E-state index contributed by atoms with van der Waals surface area (Å²) < 4.78 is 0.933. The molecule has 2 aromatic rings. The van der Waals surface area contributed by atoms with Crippen LogP contribution in [0.3, 0.4) is 0 Å². The smallest absolute Gasteiger partial charge is 0.254 e. The van der Waals surface area contributed by atoms with Crippen LogP contribution in [0.1, 0.15) is 33.9 Å². The summed E-state index contributed by atoms with van der Waals surface area (Å²) in [6, 6.07) is 7.41. The second-order valence-corrected chi connectivity index (χ2v) is 7.05. The lowest BCUT2D eigenvalue weighted by atomic mass is 10.1. The van der Waals surface area contributed by atoms with Gasteiger partial charge < -0.3 is 11.1 Å². The summed E-state index contributed by atoms with van der Waals surface area (Å²) in [6.45, 7) is 0. The Bertz CT molecular complexity index is 684. The lowest BCUT2D eigenvalue weighted by Crippen LogP contribution is -2.26. The Hall–Kier alpha value is -1.23. The molecule has 0 bridgehead atoms. The third kappa shape index (κ3) is 2.51. The standard InChI is InChI=1S/C14H12Cl2N2OS/c15-12-6-10(13(16)20-12)14(19)18-11-4-1-7-5-8(17)2-3-9(7)11/h2-3,5-6,11H,1,4,17H2,(H,18,19). The Balaban J connectivity index is 1.80. The number of aryl methyl sites for hydroxylation is 1. The molecule has 0 fully saturated rings. The highest BCUT2D eigenvalue weighted by molar-refractivity contribution is 7.20. The minimum atomic E-state index is -0.187. The summed E-state index contributed by atoms with van der Waals surface area (Å²) in [5, 5.41) is 3.01. The van der Waals surface area contributed by atoms with Crippen molar-refractivity contribution in [3.8, 4) is 0 Å². The highest BCUT2D eigenvalue weighted by atomic mass is 35.5. The number of amides is 1. The van der Waals surface area contributed by atoms with E-state index in [9.17, 15) is 4.79 Å². The fraction of sp³-hybridized carbons (Fsp3) is 0.214. The van der Waals surface area contributed by atoms with Gasteiger partial charge in [-0.05, 0) is 42.2 Å². The number of hydrogen-bond donors (Lipinski definition) is 2. The van der Waals surface area contributed by atoms with E-state index in [-0.39, 0.29) is 11.9 Å². The molecule has 20 heavy (non-hydrogen) atoms. The van der Waals surface area contributed by atoms with Crippen molar-refractivity contribution >= 4 is 46.1 Å². The molecule has 6 heteroatoms. The highest BCUT2D eigenvalue weighted by Gasteiger charge is 2.25. The zero-order valence-corrected chi connectivity index (χ0v) is 12.8. The molecule has 3 N–H and O–H groups in total. The summed E-state index contributed by atoms with van der Waals surface area (Å²) >= 11 is 13.1. The topological polar surface area (TPSA) is 55.1 Å². The maximum Gasteiger partial charge on any atom is 0.254 e. The van der Waals surface area contributed by atoms with E-state index < -0.39 is 0 Å². The molecule has 3 nitrogen and oxygen atoms in total. The molecule has 1 unspecified atom stereocenters. The Morgan fingerprint density at radius 1 is 1.35 bits per heavy atom. The Labute approximate surface area is 130 Å². The average molecular weight is 327 g/mol. The summed E-state index contributed by atoms with van der Waals surface area (Å²) in [7, 11) is 0. The van der Waals surface area contributed by atoms with Crippen LogP contribution in [0.5, 0.6) is 0 Å². The first-order valence-electron chi connectivity index (χ1n) is 6.18. The number of carbonyl (C=O) groups excluding carboxylic acids is 1. The van der Waals surface area contributed by atoms with Crippen molar-refractivity contribution in [3.05, 3.63) is 49.6 Å². The fourth-order valence-electron chi connectivity index (χ4n) is 2.52. The third-order valence-corrected chi connectivity index (χ3v) is 4.94. The van der Waals surface area contributed by atoms with E-state index in [1.807, 2.05) is 18.2 Å². The molecule has 0 spiro atoms. The molecule has 0 aliphatic heterocycles. The van der Waals surface area contributed by atoms with E-state index in [1.165, 1.54) is 16.9 Å². The van der Waals surface area contributed by atoms with Crippen LogP contribution in [0, 0.1) is 0 Å². The van der Waals surface area contributed by atoms with Crippen molar-refractivity contribution in [2.24, 2.45) is 0 Å². The maximum absolute atomic E-state index is 12.2. The van der Waals surface area contributed by atoms with Crippen LogP contribution in [-0.4, -0.2) is 5.91 Å². The second kappa shape index (κ2) is 5.28. The Kier molecular flexibility index (Phi) is 3.63. The second-order valence-electron chi connectivity index (χ2n) is 4.76. The van der Waals surface area contributed by atoms with Crippen molar-refractivity contribution in [1.82, 2.24) is 5.32 Å². The van der Waals surface area contributed by atoms with Crippen LogP contribution in [-0.2, 0) is 6.42 Å². The van der Waals surface area contributed by atoms with E-state index in [2.05, 4.69) is 5.32 Å². The number of nitrogen functional groups attached to an aromatic ring is 1. The SMILES string of the molecule is Nc1ccc2c(c1)CCC2NC(=O)c1cc(Cl)sc1Cl. The van der Waals surface area contributed by atoms with E-state index in [0.717, 1.165) is 24.1 Å². The number of nitrogens with one attached hydrogen (secondary N) is 1. The molecule has 1 atom stereocenters. The van der Waals surface area contributed by atoms with Gasteiger partial charge in [-0.1, -0.05) is 29.3 Å². The minimum absolute atomic E-state index is 0.00726. The third-order valence-electron chi connectivity index (χ3n) is 3.45. The van der Waals surface area contributed by atoms with Crippen LogP contribution in [0.15, 0.2) is 24.3 Å². The molecular weight excluding hydrogens is 315 g/mol. The van der Waals surface area contributed by atoms with Crippen LogP contribution in [0.25, 0.3) is 0 Å². The highest BCUT2D eigenvalue weighted by Crippen LogP contribution is 2.34. The minimum Gasteiger partial charge on any atom is -0.399 e. The Morgan fingerprint density at radius 3 is 2.85 bits per heavy atom. The van der Waals surface area contributed by atoms with Gasteiger partial charge in [0.1, 0.15) is 4.34 Å². The van der Waals surface area contributed by atoms with Gasteiger partial charge in [-0.25, -0.2) is 0 Å². The van der Waals surface area contributed by atoms with Gasteiger partial charge in [0.25, 0.3) is 5.91 Å². The molecule has 1 aliphatic carbocycles. The molecule has 1 amide bonds. The van der Waals surface area contributed by atoms with Crippen molar-refractivity contribution in [1.29, 1.82) is 0 Å². The molecule has 0 saturated carbocycles. The van der Waals surface area contributed by atoms with Gasteiger partial charge in [-0.15, -0.1) is 11.3 Å². The lowest BCUT2D eigenvalue weighted by molar-refractivity contribution is 0.0937. The Morgan fingerprint density at radius 2 is 2.15 bits per heavy atom. The normalized spacial score (nSPS) is 17.0. The predicted molar refractivity (Wildman–Crippen MR) is 83.7 cm³/mol. The van der Waals surface area contributed by atoms with Crippen molar-refractivity contribution < 1.29 is 4.79 Å². The summed E-state index contributed by atoms with van der Waals surface area (Å²) in [5.41, 5.74) is 9.29. The van der Waals surface area contributed by atoms with Gasteiger partial charge in [0.15, 0.2) is 0 Å². The number of halogens is 2. The maximum atomic E-state index is 12.2. The van der Waals surface area contributed by atoms with Gasteiger partial charge in [0, 0.05) is 5.69 Å². The van der Waals surface area contributed by atoms with E-state index >= 15 is 0 Å². The van der Waals surface area contributed by atoms with E-state index in [4.69, 9.17) is 28.9 Å². The van der Waals surface area contributed by atoms with E-state index in [0.29, 0.717) is 14.2 Å². The largest absolute Gasteiger partial charge is 0.399 e. The number of rotatable bonds is 2. The van der Waals surface area contributed by atoms with Crippen LogP contribution < -0.4 is 11.1 Å². The first kappa shape index (κ1) is 13.7. The first-order valence-corrected chi connectivity index (χ1v) is 7.76. The molecule has 1 aliphatic rings. The quantitative estimate of drug-likeness (QED) is 0.818. The van der Waals surface area contributed by atoms with Gasteiger partial charge >= 0.3 is 0 Å². The number of benzene rings is 1. The molecule has 1 heterocycles. The number of carbonyl (C=O) groups is 1. The van der Waals surface area contributed by atoms with Crippen LogP contribution in [0.4, 0.5) is 5.69 Å². The number of anilines is 1. The monoisotopic (exact) mass is 326 g/mol. The number of fused-ring (bicyclic) bond motifs is 1. The van der Waals surface area contributed by atoms with Gasteiger partial charge in [-0.3, -0.25) is 4.79 Å². The molecule has 104 valence electrons. The predicted octanol–water partition coefficient (Wildman–Crippen LogP) is 4.05. The fourth-order valence-corrected chi connectivity index (χ4v) is 3.98. The number of thiophene rings is 1. The number of nitrogens with two attached hydrogens (primary N) is 1. The van der Waals surface area contributed by atoms with Crippen molar-refractivity contribution in [2.45, 2.75) is 18.9 Å².